The first kappa shape index (κ1) is 17.3. The highest BCUT2D eigenvalue weighted by Gasteiger charge is 2.24. The van der Waals surface area contributed by atoms with Crippen LogP contribution >= 0.6 is 0 Å². The Morgan fingerprint density at radius 3 is 2.43 bits per heavy atom. The Balaban J connectivity index is 2.16. The predicted molar refractivity (Wildman–Crippen MR) is 86.3 cm³/mol. The van der Waals surface area contributed by atoms with Gasteiger partial charge < -0.3 is 4.74 Å². The van der Waals surface area contributed by atoms with Gasteiger partial charge in [-0.25, -0.2) is 13.2 Å². The molecule has 1 aromatic rings. The van der Waals surface area contributed by atoms with Gasteiger partial charge in [0.2, 0.25) is 10.0 Å². The second kappa shape index (κ2) is 7.49. The van der Waals surface area contributed by atoms with E-state index in [4.69, 9.17) is 0 Å². The first-order valence-electron chi connectivity index (χ1n) is 7.30. The molecular formula is C16H20N2O4S. The van der Waals surface area contributed by atoms with Gasteiger partial charge in [0.25, 0.3) is 0 Å². The van der Waals surface area contributed by atoms with Crippen LogP contribution < -0.4 is 0 Å². The van der Waals surface area contributed by atoms with Crippen LogP contribution in [0.3, 0.4) is 0 Å². The normalized spacial score (nSPS) is 16.5. The van der Waals surface area contributed by atoms with Crippen molar-refractivity contribution in [3.8, 4) is 11.8 Å². The number of carbonyl (C=O) groups is 1. The molecule has 1 heterocycles. The Bertz CT molecular complexity index is 717. The van der Waals surface area contributed by atoms with Crippen LogP contribution in [-0.2, 0) is 14.8 Å². The topological polar surface area (TPSA) is 66.9 Å². The molecule has 0 aliphatic carbocycles. The zero-order valence-electron chi connectivity index (χ0n) is 13.3. The molecule has 0 saturated carbocycles. The Morgan fingerprint density at radius 2 is 1.78 bits per heavy atom. The van der Waals surface area contributed by atoms with E-state index in [0.717, 1.165) is 5.56 Å². The summed E-state index contributed by atoms with van der Waals surface area (Å²) in [7, 11) is -2.27. The lowest BCUT2D eigenvalue weighted by molar-refractivity contribution is 0.128. The fourth-order valence-corrected chi connectivity index (χ4v) is 3.62. The van der Waals surface area contributed by atoms with E-state index < -0.39 is 16.1 Å². The van der Waals surface area contributed by atoms with Gasteiger partial charge in [-0.05, 0) is 25.5 Å². The maximum absolute atomic E-state index is 12.7. The summed E-state index contributed by atoms with van der Waals surface area (Å²) in [5.41, 5.74) is 1.00. The molecule has 6 nitrogen and oxygen atoms in total. The third-order valence-electron chi connectivity index (χ3n) is 3.58. The number of aryl methyl sites for hydroxylation is 1. The zero-order valence-corrected chi connectivity index (χ0v) is 14.1. The lowest BCUT2D eigenvalue weighted by atomic mass is 10.2. The van der Waals surface area contributed by atoms with Crippen molar-refractivity contribution in [2.24, 2.45) is 0 Å². The first-order valence-corrected chi connectivity index (χ1v) is 8.74. The molecule has 0 aromatic heterocycles. The molecule has 1 aliphatic heterocycles. The van der Waals surface area contributed by atoms with Crippen molar-refractivity contribution in [1.29, 1.82) is 0 Å². The number of rotatable bonds is 2. The van der Waals surface area contributed by atoms with Gasteiger partial charge in [-0.15, -0.1) is 0 Å². The van der Waals surface area contributed by atoms with E-state index >= 15 is 0 Å². The summed E-state index contributed by atoms with van der Waals surface area (Å²) in [6, 6.07) is 6.75. The minimum Gasteiger partial charge on any atom is -0.453 e. The van der Waals surface area contributed by atoms with Gasteiger partial charge in [-0.2, -0.15) is 4.31 Å². The average molecular weight is 336 g/mol. The molecule has 0 atom stereocenters. The van der Waals surface area contributed by atoms with E-state index in [-0.39, 0.29) is 18.0 Å². The van der Waals surface area contributed by atoms with Crippen molar-refractivity contribution < 1.29 is 17.9 Å². The molecule has 7 heteroatoms. The van der Waals surface area contributed by atoms with E-state index in [0.29, 0.717) is 19.5 Å². The molecule has 0 unspecified atom stereocenters. The smallest absolute Gasteiger partial charge is 0.410 e. The summed E-state index contributed by atoms with van der Waals surface area (Å²) in [5.74, 6) is 5.65. The van der Waals surface area contributed by atoms with Gasteiger partial charge >= 0.3 is 6.09 Å². The fourth-order valence-electron chi connectivity index (χ4n) is 2.24. The minimum absolute atomic E-state index is 0.116. The van der Waals surface area contributed by atoms with E-state index in [1.807, 2.05) is 6.92 Å². The molecule has 1 aliphatic rings. The van der Waals surface area contributed by atoms with E-state index in [2.05, 4.69) is 16.6 Å². The molecule has 0 N–H and O–H groups in total. The van der Waals surface area contributed by atoms with Crippen molar-refractivity contribution in [3.63, 3.8) is 0 Å². The Labute approximate surface area is 137 Å². The van der Waals surface area contributed by atoms with Gasteiger partial charge in [0.1, 0.15) is 0 Å². The van der Waals surface area contributed by atoms with Gasteiger partial charge in [0.15, 0.2) is 0 Å². The average Bonchev–Trinajstić information content (AvgIpc) is 2.66. The van der Waals surface area contributed by atoms with Crippen LogP contribution in [0.4, 0.5) is 4.79 Å². The lowest BCUT2D eigenvalue weighted by Gasteiger charge is -2.21. The number of hydrogen-bond donors (Lipinski definition) is 0. The highest BCUT2D eigenvalue weighted by atomic mass is 32.2. The van der Waals surface area contributed by atoms with E-state index in [1.54, 1.807) is 24.3 Å². The SMILES string of the molecule is COC(=O)N1CC#CCN(S(=O)(=O)c2ccc(C)cc2)CCC1. The Morgan fingerprint density at radius 1 is 1.13 bits per heavy atom. The number of ether oxygens (including phenoxy) is 1. The molecule has 0 bridgehead atoms. The zero-order chi connectivity index (χ0) is 16.9. The summed E-state index contributed by atoms with van der Waals surface area (Å²) in [5, 5.41) is 0. The van der Waals surface area contributed by atoms with Crippen LogP contribution in [0.25, 0.3) is 0 Å². The van der Waals surface area contributed by atoms with Gasteiger partial charge in [-0.1, -0.05) is 29.5 Å². The molecule has 23 heavy (non-hydrogen) atoms. The van der Waals surface area contributed by atoms with Gasteiger partial charge in [-0.3, -0.25) is 4.90 Å². The van der Waals surface area contributed by atoms with Crippen LogP contribution in [0.1, 0.15) is 12.0 Å². The summed E-state index contributed by atoms with van der Waals surface area (Å²) < 4.78 is 31.4. The van der Waals surface area contributed by atoms with Crippen LogP contribution in [-0.4, -0.2) is 57.0 Å². The molecule has 124 valence electrons. The van der Waals surface area contributed by atoms with Crippen molar-refractivity contribution in [2.75, 3.05) is 33.3 Å². The van der Waals surface area contributed by atoms with Crippen molar-refractivity contribution in [1.82, 2.24) is 9.21 Å². The molecule has 2 rings (SSSR count). The number of nitrogens with zero attached hydrogens (tertiary/aromatic N) is 2. The largest absolute Gasteiger partial charge is 0.453 e. The molecule has 1 amide bonds. The number of amides is 1. The summed E-state index contributed by atoms with van der Waals surface area (Å²) in [6.45, 7) is 2.97. The molecule has 0 radical (unpaired) electrons. The number of hydrogen-bond acceptors (Lipinski definition) is 4. The second-order valence-corrected chi connectivity index (χ2v) is 7.19. The summed E-state index contributed by atoms with van der Waals surface area (Å²) >= 11 is 0. The molecule has 0 spiro atoms. The number of benzene rings is 1. The van der Waals surface area contributed by atoms with E-state index in [1.165, 1.54) is 16.3 Å². The summed E-state index contributed by atoms with van der Waals surface area (Å²) in [4.78, 5) is 13.3. The number of sulfonamides is 1. The first-order chi connectivity index (χ1) is 10.9. The number of methoxy groups -OCH3 is 1. The van der Waals surface area contributed by atoms with Crippen LogP contribution in [0, 0.1) is 18.8 Å². The molecular weight excluding hydrogens is 316 g/mol. The second-order valence-electron chi connectivity index (χ2n) is 5.25. The quantitative estimate of drug-likeness (QED) is 0.767. The third-order valence-corrected chi connectivity index (χ3v) is 5.44. The monoisotopic (exact) mass is 336 g/mol. The van der Waals surface area contributed by atoms with Gasteiger partial charge in [0, 0.05) is 13.1 Å². The van der Waals surface area contributed by atoms with Crippen LogP contribution in [0.15, 0.2) is 29.2 Å². The fraction of sp³-hybridized carbons (Fsp3) is 0.438. The predicted octanol–water partition coefficient (Wildman–Crippen LogP) is 1.46. The maximum atomic E-state index is 12.7. The molecule has 1 aromatic carbocycles. The van der Waals surface area contributed by atoms with Crippen molar-refractivity contribution in [2.45, 2.75) is 18.2 Å². The van der Waals surface area contributed by atoms with Crippen molar-refractivity contribution >= 4 is 16.1 Å². The van der Waals surface area contributed by atoms with Gasteiger partial charge in [0.05, 0.1) is 25.1 Å². The van der Waals surface area contributed by atoms with Crippen LogP contribution in [0.2, 0.25) is 0 Å². The lowest BCUT2D eigenvalue weighted by Crippen LogP contribution is -2.35. The Kier molecular flexibility index (Phi) is 5.64. The third kappa shape index (κ3) is 4.24. The standard InChI is InChI=1S/C16H20N2O4S/c1-14-6-8-15(9-7-14)23(20,21)18-12-4-3-10-17(11-5-13-18)16(19)22-2/h6-9H,5,10-13H2,1-2H3. The minimum atomic E-state index is -3.58. The highest BCUT2D eigenvalue weighted by molar-refractivity contribution is 7.89. The molecule has 0 saturated heterocycles. The van der Waals surface area contributed by atoms with Crippen molar-refractivity contribution in [3.05, 3.63) is 29.8 Å². The molecule has 0 fully saturated rings. The maximum Gasteiger partial charge on any atom is 0.410 e. The Hall–Kier alpha value is -2.04. The highest BCUT2D eigenvalue weighted by Crippen LogP contribution is 2.17. The summed E-state index contributed by atoms with van der Waals surface area (Å²) in [6.07, 6.45) is 0.0675. The van der Waals surface area contributed by atoms with Crippen LogP contribution in [0.5, 0.6) is 0 Å². The number of carbonyl (C=O) groups excluding carboxylic acids is 1. The van der Waals surface area contributed by atoms with E-state index in [9.17, 15) is 13.2 Å².